The van der Waals surface area contributed by atoms with Gasteiger partial charge >= 0.3 is 0 Å². The molecule has 0 aliphatic rings. The first kappa shape index (κ1) is 17.6. The minimum absolute atomic E-state index is 0.721. The largest absolute Gasteiger partial charge is 0.228 e. The summed E-state index contributed by atoms with van der Waals surface area (Å²) in [5.74, 6) is 0.721. The molecular formula is C26H17ClN2. The highest BCUT2D eigenvalue weighted by atomic mass is 35.5. The number of nitrogens with zero attached hydrogens (tertiary/aromatic N) is 2. The second-order valence-electron chi connectivity index (χ2n) is 6.87. The molecule has 0 radical (unpaired) electrons. The van der Waals surface area contributed by atoms with Crippen molar-refractivity contribution < 1.29 is 0 Å². The van der Waals surface area contributed by atoms with Crippen LogP contribution in [0.5, 0.6) is 0 Å². The van der Waals surface area contributed by atoms with Crippen molar-refractivity contribution in [3.05, 3.63) is 108 Å². The summed E-state index contributed by atoms with van der Waals surface area (Å²) in [7, 11) is 0. The van der Waals surface area contributed by atoms with Gasteiger partial charge in [-0.25, -0.2) is 9.97 Å². The minimum Gasteiger partial charge on any atom is -0.228 e. The third-order valence-corrected chi connectivity index (χ3v) is 5.20. The molecule has 0 bridgehead atoms. The Morgan fingerprint density at radius 3 is 2.03 bits per heavy atom. The van der Waals surface area contributed by atoms with Crippen LogP contribution in [0.2, 0.25) is 5.02 Å². The predicted molar refractivity (Wildman–Crippen MR) is 121 cm³/mol. The Balaban J connectivity index is 1.68. The van der Waals surface area contributed by atoms with Gasteiger partial charge in [-0.3, -0.25) is 0 Å². The maximum Gasteiger partial charge on any atom is 0.160 e. The number of hydrogen-bond donors (Lipinski definition) is 0. The molecule has 0 saturated heterocycles. The number of aromatic nitrogens is 2. The molecule has 4 aromatic carbocycles. The van der Waals surface area contributed by atoms with Crippen LogP contribution in [0.1, 0.15) is 0 Å². The van der Waals surface area contributed by atoms with E-state index in [4.69, 9.17) is 21.6 Å². The maximum absolute atomic E-state index is 6.04. The number of benzene rings is 4. The second-order valence-corrected chi connectivity index (χ2v) is 7.30. The monoisotopic (exact) mass is 392 g/mol. The fraction of sp³-hybridized carbons (Fsp3) is 0. The van der Waals surface area contributed by atoms with Gasteiger partial charge in [0.2, 0.25) is 0 Å². The van der Waals surface area contributed by atoms with Gasteiger partial charge in [0.05, 0.1) is 11.2 Å². The van der Waals surface area contributed by atoms with Crippen LogP contribution in [0.3, 0.4) is 0 Å². The zero-order valence-corrected chi connectivity index (χ0v) is 16.3. The maximum atomic E-state index is 6.04. The summed E-state index contributed by atoms with van der Waals surface area (Å²) in [4.78, 5) is 9.81. The van der Waals surface area contributed by atoms with Gasteiger partial charge in [0, 0.05) is 21.5 Å². The number of hydrogen-bond acceptors (Lipinski definition) is 2. The van der Waals surface area contributed by atoms with Gasteiger partial charge in [0.15, 0.2) is 5.82 Å². The van der Waals surface area contributed by atoms with Gasteiger partial charge in [-0.15, -0.1) is 0 Å². The molecule has 5 rings (SSSR count). The van der Waals surface area contributed by atoms with E-state index in [1.807, 2.05) is 66.7 Å². The third-order valence-electron chi connectivity index (χ3n) is 4.95. The molecule has 0 spiro atoms. The Bertz CT molecular complexity index is 1300. The highest BCUT2D eigenvalue weighted by Gasteiger charge is 2.11. The average Bonchev–Trinajstić information content (AvgIpc) is 2.79. The molecule has 0 unspecified atom stereocenters. The summed E-state index contributed by atoms with van der Waals surface area (Å²) >= 11 is 6.04. The van der Waals surface area contributed by atoms with E-state index in [-0.39, 0.29) is 0 Å². The van der Waals surface area contributed by atoms with Crippen LogP contribution < -0.4 is 0 Å². The number of para-hydroxylation sites is 1. The van der Waals surface area contributed by atoms with Gasteiger partial charge < -0.3 is 0 Å². The summed E-state index contributed by atoms with van der Waals surface area (Å²) in [6.45, 7) is 0. The molecule has 0 N–H and O–H groups in total. The van der Waals surface area contributed by atoms with E-state index in [2.05, 4.69) is 36.4 Å². The standard InChI is InChI=1S/C26H17ClN2/c27-22-15-13-18(14-16-22)20-9-6-10-21(17-20)26-28-24-12-5-4-11-23(24)25(29-26)19-7-2-1-3-8-19/h1-17H. The summed E-state index contributed by atoms with van der Waals surface area (Å²) in [5, 5.41) is 1.78. The molecule has 0 aliphatic heterocycles. The number of fused-ring (bicyclic) bond motifs is 1. The highest BCUT2D eigenvalue weighted by molar-refractivity contribution is 6.30. The zero-order chi connectivity index (χ0) is 19.6. The van der Waals surface area contributed by atoms with E-state index in [1.54, 1.807) is 0 Å². The van der Waals surface area contributed by atoms with Crippen molar-refractivity contribution in [2.75, 3.05) is 0 Å². The van der Waals surface area contributed by atoms with E-state index in [9.17, 15) is 0 Å². The van der Waals surface area contributed by atoms with Crippen LogP contribution in [0, 0.1) is 0 Å². The SMILES string of the molecule is Clc1ccc(-c2cccc(-c3nc(-c4ccccc4)c4ccccc4n3)c2)cc1. The van der Waals surface area contributed by atoms with E-state index in [0.29, 0.717) is 0 Å². The van der Waals surface area contributed by atoms with E-state index in [1.165, 1.54) is 0 Å². The van der Waals surface area contributed by atoms with Crippen molar-refractivity contribution in [3.8, 4) is 33.8 Å². The molecule has 0 saturated carbocycles. The summed E-state index contributed by atoms with van der Waals surface area (Å²) < 4.78 is 0. The van der Waals surface area contributed by atoms with Gasteiger partial charge in [0.25, 0.3) is 0 Å². The summed E-state index contributed by atoms with van der Waals surface area (Å²) in [6, 6.07) is 34.6. The quantitative estimate of drug-likeness (QED) is 0.322. The number of rotatable bonds is 3. The van der Waals surface area contributed by atoms with Crippen LogP contribution in [0.15, 0.2) is 103 Å². The Labute approximate surface area is 174 Å². The normalized spacial score (nSPS) is 10.9. The lowest BCUT2D eigenvalue weighted by atomic mass is 10.0. The Morgan fingerprint density at radius 1 is 0.517 bits per heavy atom. The first-order valence-corrected chi connectivity index (χ1v) is 9.84. The van der Waals surface area contributed by atoms with Crippen LogP contribution in [-0.4, -0.2) is 9.97 Å². The predicted octanol–water partition coefficient (Wildman–Crippen LogP) is 7.28. The molecule has 0 amide bonds. The lowest BCUT2D eigenvalue weighted by Crippen LogP contribution is -1.95. The van der Waals surface area contributed by atoms with Gasteiger partial charge in [0.1, 0.15) is 0 Å². The van der Waals surface area contributed by atoms with E-state index < -0.39 is 0 Å². The Morgan fingerprint density at radius 2 is 1.21 bits per heavy atom. The molecule has 0 fully saturated rings. The lowest BCUT2D eigenvalue weighted by molar-refractivity contribution is 1.23. The van der Waals surface area contributed by atoms with E-state index >= 15 is 0 Å². The second kappa shape index (κ2) is 7.50. The molecule has 1 heterocycles. The average molecular weight is 393 g/mol. The minimum atomic E-state index is 0.721. The molecular weight excluding hydrogens is 376 g/mol. The van der Waals surface area contributed by atoms with Gasteiger partial charge in [-0.1, -0.05) is 90.5 Å². The molecule has 3 heteroatoms. The highest BCUT2D eigenvalue weighted by Crippen LogP contribution is 2.30. The van der Waals surface area contributed by atoms with Crippen molar-refractivity contribution in [3.63, 3.8) is 0 Å². The first-order valence-electron chi connectivity index (χ1n) is 9.46. The fourth-order valence-corrected chi connectivity index (χ4v) is 3.63. The molecule has 0 aliphatic carbocycles. The Hall–Kier alpha value is -3.49. The molecule has 0 atom stereocenters. The lowest BCUT2D eigenvalue weighted by Gasteiger charge is -2.10. The van der Waals surface area contributed by atoms with Crippen LogP contribution in [0.25, 0.3) is 44.7 Å². The fourth-order valence-electron chi connectivity index (χ4n) is 3.50. The summed E-state index contributed by atoms with van der Waals surface area (Å²) in [6.07, 6.45) is 0. The van der Waals surface area contributed by atoms with Gasteiger partial charge in [-0.05, 0) is 35.4 Å². The third kappa shape index (κ3) is 3.51. The molecule has 29 heavy (non-hydrogen) atoms. The van der Waals surface area contributed by atoms with Crippen LogP contribution in [0.4, 0.5) is 0 Å². The number of halogens is 1. The molecule has 1 aromatic heterocycles. The van der Waals surface area contributed by atoms with Crippen molar-refractivity contribution in [1.82, 2.24) is 9.97 Å². The molecule has 138 valence electrons. The van der Waals surface area contributed by atoms with Crippen molar-refractivity contribution in [1.29, 1.82) is 0 Å². The zero-order valence-electron chi connectivity index (χ0n) is 15.6. The van der Waals surface area contributed by atoms with Gasteiger partial charge in [-0.2, -0.15) is 0 Å². The van der Waals surface area contributed by atoms with Crippen LogP contribution in [-0.2, 0) is 0 Å². The first-order chi connectivity index (χ1) is 14.3. The Kier molecular flexibility index (Phi) is 4.55. The molecule has 2 nitrogen and oxygen atoms in total. The topological polar surface area (TPSA) is 25.8 Å². The van der Waals surface area contributed by atoms with Crippen molar-refractivity contribution in [2.24, 2.45) is 0 Å². The smallest absolute Gasteiger partial charge is 0.160 e. The van der Waals surface area contributed by atoms with Crippen molar-refractivity contribution in [2.45, 2.75) is 0 Å². The molecule has 5 aromatic rings. The van der Waals surface area contributed by atoms with Crippen molar-refractivity contribution >= 4 is 22.5 Å². The summed E-state index contributed by atoms with van der Waals surface area (Å²) in [5.41, 5.74) is 6.18. The van der Waals surface area contributed by atoms with E-state index in [0.717, 1.165) is 49.7 Å². The van der Waals surface area contributed by atoms with Crippen LogP contribution >= 0.6 is 11.6 Å².